The number of hydrogen-bond acceptors (Lipinski definition) is 1. The molecule has 0 aliphatic heterocycles. The zero-order chi connectivity index (χ0) is 24.5. The molecule has 1 nitrogen and oxygen atoms in total. The van der Waals surface area contributed by atoms with Crippen molar-refractivity contribution in [1.29, 1.82) is 0 Å². The molecule has 0 aliphatic rings. The maximum atomic E-state index is 14.5. The molecule has 0 aromatic carbocycles. The van der Waals surface area contributed by atoms with Crippen LogP contribution in [0.2, 0.25) is 0 Å². The van der Waals surface area contributed by atoms with Gasteiger partial charge in [0.2, 0.25) is 0 Å². The van der Waals surface area contributed by atoms with Crippen LogP contribution in [-0.4, -0.2) is 12.7 Å². The SMILES string of the molecule is C=C(/C=C\C(=C)C(=C)/C(F)=C(/F)C(=C)C(C)OCC(C)CC)C(=C)/C(F)=C(/F)C(=C)C. The minimum absolute atomic E-state index is 0.00679. The van der Waals surface area contributed by atoms with Gasteiger partial charge in [-0.05, 0) is 36.5 Å². The summed E-state index contributed by atoms with van der Waals surface area (Å²) in [6.07, 6.45) is 2.67. The van der Waals surface area contributed by atoms with Crippen molar-refractivity contribution in [3.8, 4) is 0 Å². The van der Waals surface area contributed by atoms with Crippen LogP contribution in [0.15, 0.2) is 108 Å². The van der Waals surface area contributed by atoms with Crippen molar-refractivity contribution in [2.24, 2.45) is 5.92 Å². The number of allylic oxidation sites excluding steroid dienone is 10. The van der Waals surface area contributed by atoms with Gasteiger partial charge in [-0.2, -0.15) is 0 Å². The Balaban J connectivity index is 5.32. The average Bonchev–Trinajstić information content (AvgIpc) is 2.76. The van der Waals surface area contributed by atoms with E-state index in [-0.39, 0.29) is 39.4 Å². The highest BCUT2D eigenvalue weighted by Gasteiger charge is 2.20. The molecule has 2 atom stereocenters. The standard InChI is InChI=1S/C26H32F4O/c1-11-16(4)14-31-22(10)21(9)26(30)25(29)20(8)18(6)13-12-17(5)19(7)24(28)23(27)15(2)3/h12-13,16,22H,2,5-9,11,14H2,1,3-4,10H3/b13-12-,24-23-,26-25-. The molecule has 0 aromatic heterocycles. The number of hydrogen-bond donors (Lipinski definition) is 0. The summed E-state index contributed by atoms with van der Waals surface area (Å²) in [7, 11) is 0. The zero-order valence-electron chi connectivity index (χ0n) is 18.9. The van der Waals surface area contributed by atoms with E-state index >= 15 is 0 Å². The van der Waals surface area contributed by atoms with E-state index in [0.29, 0.717) is 6.61 Å². The molecule has 0 rings (SSSR count). The van der Waals surface area contributed by atoms with E-state index in [2.05, 4.69) is 39.5 Å². The highest BCUT2D eigenvalue weighted by molar-refractivity contribution is 5.54. The molecule has 170 valence electrons. The zero-order valence-corrected chi connectivity index (χ0v) is 18.9. The van der Waals surface area contributed by atoms with Crippen molar-refractivity contribution in [3.63, 3.8) is 0 Å². The van der Waals surface area contributed by atoms with E-state index in [9.17, 15) is 17.6 Å². The third-order valence-electron chi connectivity index (χ3n) is 4.65. The largest absolute Gasteiger partial charge is 0.373 e. The lowest BCUT2D eigenvalue weighted by Crippen LogP contribution is -2.16. The van der Waals surface area contributed by atoms with Gasteiger partial charge in [-0.1, -0.05) is 71.9 Å². The summed E-state index contributed by atoms with van der Waals surface area (Å²) in [5.74, 6) is -4.48. The van der Waals surface area contributed by atoms with E-state index in [0.717, 1.165) is 6.42 Å². The first-order valence-electron chi connectivity index (χ1n) is 9.78. The Morgan fingerprint density at radius 1 is 0.774 bits per heavy atom. The van der Waals surface area contributed by atoms with Gasteiger partial charge >= 0.3 is 0 Å². The third kappa shape index (κ3) is 8.54. The number of ether oxygens (including phenoxy) is 1. The average molecular weight is 437 g/mol. The molecular weight excluding hydrogens is 404 g/mol. The molecule has 2 unspecified atom stereocenters. The minimum Gasteiger partial charge on any atom is -0.373 e. The molecule has 0 radical (unpaired) electrons. The van der Waals surface area contributed by atoms with E-state index in [4.69, 9.17) is 4.74 Å². The first-order valence-corrected chi connectivity index (χ1v) is 9.78. The fraction of sp³-hybridized carbons (Fsp3) is 0.308. The lowest BCUT2D eigenvalue weighted by Gasteiger charge is -2.18. The summed E-state index contributed by atoms with van der Waals surface area (Å²) >= 11 is 0. The lowest BCUT2D eigenvalue weighted by atomic mass is 10.0. The second-order valence-electron chi connectivity index (χ2n) is 7.39. The van der Waals surface area contributed by atoms with Crippen molar-refractivity contribution in [1.82, 2.24) is 0 Å². The van der Waals surface area contributed by atoms with E-state index in [1.54, 1.807) is 6.92 Å². The Kier molecular flexibility index (Phi) is 11.8. The Labute approximate surface area is 183 Å². The third-order valence-corrected chi connectivity index (χ3v) is 4.65. The van der Waals surface area contributed by atoms with Crippen LogP contribution in [0, 0.1) is 5.92 Å². The number of rotatable bonds is 13. The number of halogens is 4. The van der Waals surface area contributed by atoms with Gasteiger partial charge in [0.15, 0.2) is 23.3 Å². The van der Waals surface area contributed by atoms with Gasteiger partial charge in [0.05, 0.1) is 6.10 Å². The summed E-state index contributed by atoms with van der Waals surface area (Å²) in [4.78, 5) is 0. The molecule has 0 bridgehead atoms. The van der Waals surface area contributed by atoms with E-state index in [1.807, 2.05) is 13.8 Å². The Morgan fingerprint density at radius 2 is 1.19 bits per heavy atom. The first-order chi connectivity index (χ1) is 14.3. The quantitative estimate of drug-likeness (QED) is 0.207. The van der Waals surface area contributed by atoms with Crippen LogP contribution in [0.3, 0.4) is 0 Å². The molecule has 0 aromatic rings. The van der Waals surface area contributed by atoms with E-state index < -0.39 is 29.4 Å². The smallest absolute Gasteiger partial charge is 0.166 e. The van der Waals surface area contributed by atoms with Gasteiger partial charge in [-0.25, -0.2) is 17.6 Å². The van der Waals surface area contributed by atoms with Gasteiger partial charge in [0, 0.05) is 23.3 Å². The predicted octanol–water partition coefficient (Wildman–Crippen LogP) is 8.65. The van der Waals surface area contributed by atoms with Crippen LogP contribution in [0.1, 0.15) is 34.1 Å². The maximum absolute atomic E-state index is 14.5. The highest BCUT2D eigenvalue weighted by Crippen LogP contribution is 2.30. The fourth-order valence-electron chi connectivity index (χ4n) is 1.98. The van der Waals surface area contributed by atoms with Crippen LogP contribution in [-0.2, 0) is 4.74 Å². The minimum atomic E-state index is -1.23. The monoisotopic (exact) mass is 436 g/mol. The van der Waals surface area contributed by atoms with Crippen LogP contribution in [0.25, 0.3) is 0 Å². The Hall–Kier alpha value is -2.66. The molecule has 5 heteroatoms. The molecule has 0 fully saturated rings. The Bertz CT molecular complexity index is 868. The highest BCUT2D eigenvalue weighted by atomic mass is 19.2. The molecule has 0 aliphatic carbocycles. The summed E-state index contributed by atoms with van der Waals surface area (Å²) < 4.78 is 62.2. The van der Waals surface area contributed by atoms with Crippen molar-refractivity contribution in [2.75, 3.05) is 6.61 Å². The van der Waals surface area contributed by atoms with Crippen LogP contribution >= 0.6 is 0 Å². The summed E-state index contributed by atoms with van der Waals surface area (Å²) in [6.45, 7) is 28.3. The topological polar surface area (TPSA) is 9.23 Å². The summed E-state index contributed by atoms with van der Waals surface area (Å²) in [5, 5.41) is 0. The van der Waals surface area contributed by atoms with E-state index in [1.165, 1.54) is 19.1 Å². The molecule has 31 heavy (non-hydrogen) atoms. The molecular formula is C26H32F4O. The van der Waals surface area contributed by atoms with Crippen LogP contribution < -0.4 is 0 Å². The van der Waals surface area contributed by atoms with Crippen LogP contribution in [0.4, 0.5) is 17.6 Å². The molecule has 0 heterocycles. The Morgan fingerprint density at radius 3 is 1.58 bits per heavy atom. The summed E-state index contributed by atoms with van der Waals surface area (Å²) in [5.41, 5.74) is -0.862. The van der Waals surface area contributed by atoms with Gasteiger partial charge in [0.1, 0.15) is 0 Å². The normalized spacial score (nSPS) is 15.0. The van der Waals surface area contributed by atoms with Crippen molar-refractivity contribution >= 4 is 0 Å². The van der Waals surface area contributed by atoms with Gasteiger partial charge in [-0.3, -0.25) is 0 Å². The van der Waals surface area contributed by atoms with Gasteiger partial charge < -0.3 is 4.74 Å². The lowest BCUT2D eigenvalue weighted by molar-refractivity contribution is 0.0640. The van der Waals surface area contributed by atoms with Crippen molar-refractivity contribution < 1.29 is 22.3 Å². The molecule has 0 N–H and O–H groups in total. The molecule has 0 saturated heterocycles. The predicted molar refractivity (Wildman–Crippen MR) is 123 cm³/mol. The maximum Gasteiger partial charge on any atom is 0.166 e. The fourth-order valence-corrected chi connectivity index (χ4v) is 1.98. The van der Waals surface area contributed by atoms with Crippen molar-refractivity contribution in [3.05, 3.63) is 108 Å². The van der Waals surface area contributed by atoms with Crippen molar-refractivity contribution in [2.45, 2.75) is 40.2 Å². The first kappa shape index (κ1) is 28.3. The molecule has 0 saturated carbocycles. The van der Waals surface area contributed by atoms with Gasteiger partial charge in [-0.15, -0.1) is 0 Å². The van der Waals surface area contributed by atoms with Gasteiger partial charge in [0.25, 0.3) is 0 Å². The summed E-state index contributed by atoms with van der Waals surface area (Å²) in [6, 6.07) is 0. The van der Waals surface area contributed by atoms with Crippen LogP contribution in [0.5, 0.6) is 0 Å². The molecule has 0 amide bonds. The second-order valence-corrected chi connectivity index (χ2v) is 7.39. The second kappa shape index (κ2) is 12.9. The molecule has 0 spiro atoms.